The monoisotopic (exact) mass is 403 g/mol. The van der Waals surface area contributed by atoms with Crippen LogP contribution in [0.3, 0.4) is 0 Å². The van der Waals surface area contributed by atoms with Gasteiger partial charge in [-0.25, -0.2) is 0 Å². The van der Waals surface area contributed by atoms with Crippen LogP contribution in [0.2, 0.25) is 0 Å². The Bertz CT molecular complexity index is 993. The van der Waals surface area contributed by atoms with Crippen molar-refractivity contribution in [3.05, 3.63) is 95.3 Å². The van der Waals surface area contributed by atoms with Gasteiger partial charge in [0, 0.05) is 35.8 Å². The summed E-state index contributed by atoms with van der Waals surface area (Å²) in [6, 6.07) is 19.1. The van der Waals surface area contributed by atoms with E-state index >= 15 is 0 Å². The third-order valence-corrected chi connectivity index (χ3v) is 4.82. The zero-order chi connectivity index (χ0) is 20.9. The van der Waals surface area contributed by atoms with Crippen LogP contribution in [0.1, 0.15) is 47.8 Å². The van der Waals surface area contributed by atoms with E-state index in [9.17, 15) is 4.79 Å². The number of rotatable bonds is 5. The van der Waals surface area contributed by atoms with Crippen molar-refractivity contribution in [3.63, 3.8) is 0 Å². The van der Waals surface area contributed by atoms with E-state index in [0.717, 1.165) is 11.3 Å². The summed E-state index contributed by atoms with van der Waals surface area (Å²) in [6.07, 6.45) is 3.53. The van der Waals surface area contributed by atoms with Crippen molar-refractivity contribution in [1.82, 2.24) is 10.3 Å². The number of nitrogens with zero attached hydrogens (tertiary/aromatic N) is 1. The van der Waals surface area contributed by atoms with Crippen LogP contribution in [-0.2, 0) is 12.0 Å². The summed E-state index contributed by atoms with van der Waals surface area (Å²) in [7, 11) is 0. The Morgan fingerprint density at radius 1 is 1.00 bits per heavy atom. The molecule has 29 heavy (non-hydrogen) atoms. The van der Waals surface area contributed by atoms with E-state index in [-0.39, 0.29) is 11.2 Å². The molecule has 0 amide bonds. The van der Waals surface area contributed by atoms with Gasteiger partial charge in [-0.3, -0.25) is 9.78 Å². The Morgan fingerprint density at radius 2 is 1.76 bits per heavy atom. The van der Waals surface area contributed by atoms with Gasteiger partial charge in [-0.2, -0.15) is 0 Å². The fourth-order valence-corrected chi connectivity index (χ4v) is 3.08. The van der Waals surface area contributed by atoms with Crippen molar-refractivity contribution in [1.29, 1.82) is 0 Å². The number of benzene rings is 2. The van der Waals surface area contributed by atoms with Crippen LogP contribution in [-0.4, -0.2) is 15.9 Å². The van der Waals surface area contributed by atoms with E-state index in [0.29, 0.717) is 22.8 Å². The Hall–Kier alpha value is -3.05. The molecule has 0 atom stereocenters. The highest BCUT2D eigenvalue weighted by Crippen LogP contribution is 2.23. The Balaban J connectivity index is 1.65. The van der Waals surface area contributed by atoms with E-state index in [1.165, 1.54) is 5.56 Å². The number of thiocarbonyl (C=S) groups is 1. The molecule has 0 aliphatic rings. The molecule has 1 heterocycles. The molecule has 0 fully saturated rings. The molecule has 0 radical (unpaired) electrons. The summed E-state index contributed by atoms with van der Waals surface area (Å²) in [5.41, 5.74) is 4.37. The first-order valence-electron chi connectivity index (χ1n) is 9.52. The predicted octanol–water partition coefficient (Wildman–Crippen LogP) is 5.10. The Morgan fingerprint density at radius 3 is 2.41 bits per heavy atom. The van der Waals surface area contributed by atoms with Gasteiger partial charge in [-0.1, -0.05) is 63.2 Å². The maximum atomic E-state index is 12.9. The second-order valence-corrected chi connectivity index (χ2v) is 8.31. The molecule has 0 spiro atoms. The lowest BCUT2D eigenvalue weighted by molar-refractivity contribution is 0.103. The molecular formula is C24H25N3OS. The number of ketones is 1. The molecule has 5 heteroatoms. The summed E-state index contributed by atoms with van der Waals surface area (Å²) in [5.74, 6) is -0.0108. The lowest BCUT2D eigenvalue weighted by atomic mass is 9.86. The van der Waals surface area contributed by atoms with Gasteiger partial charge >= 0.3 is 0 Å². The van der Waals surface area contributed by atoms with Gasteiger partial charge in [0.25, 0.3) is 0 Å². The Labute approximate surface area is 177 Å². The number of hydrogen-bond donors (Lipinski definition) is 2. The molecule has 4 nitrogen and oxygen atoms in total. The summed E-state index contributed by atoms with van der Waals surface area (Å²) in [5, 5.41) is 6.77. The van der Waals surface area contributed by atoms with E-state index in [1.54, 1.807) is 12.4 Å². The second-order valence-electron chi connectivity index (χ2n) is 7.91. The largest absolute Gasteiger partial charge is 0.358 e. The lowest BCUT2D eigenvalue weighted by Gasteiger charge is -2.19. The van der Waals surface area contributed by atoms with Crippen LogP contribution < -0.4 is 10.6 Å². The summed E-state index contributed by atoms with van der Waals surface area (Å²) in [6.45, 7) is 7.05. The topological polar surface area (TPSA) is 54.0 Å². The van der Waals surface area contributed by atoms with Crippen molar-refractivity contribution in [3.8, 4) is 0 Å². The highest BCUT2D eigenvalue weighted by Gasteiger charge is 2.15. The van der Waals surface area contributed by atoms with Gasteiger partial charge < -0.3 is 10.6 Å². The van der Waals surface area contributed by atoms with E-state index in [2.05, 4.69) is 36.4 Å². The minimum absolute atomic E-state index is 0.0108. The molecule has 1 aromatic heterocycles. The molecular weight excluding hydrogens is 378 g/mol. The second kappa shape index (κ2) is 8.97. The predicted molar refractivity (Wildman–Crippen MR) is 122 cm³/mol. The van der Waals surface area contributed by atoms with Crippen molar-refractivity contribution in [2.24, 2.45) is 0 Å². The van der Waals surface area contributed by atoms with Crippen molar-refractivity contribution in [2.45, 2.75) is 32.7 Å². The molecule has 0 aliphatic carbocycles. The molecule has 0 bridgehead atoms. The first kappa shape index (κ1) is 20.7. The van der Waals surface area contributed by atoms with Crippen molar-refractivity contribution in [2.75, 3.05) is 5.32 Å². The van der Waals surface area contributed by atoms with Crippen LogP contribution in [0.25, 0.3) is 0 Å². The van der Waals surface area contributed by atoms with Crippen LogP contribution in [0.15, 0.2) is 73.1 Å². The molecule has 148 valence electrons. The maximum absolute atomic E-state index is 12.9. The van der Waals surface area contributed by atoms with Crippen molar-refractivity contribution >= 4 is 28.8 Å². The van der Waals surface area contributed by atoms with Gasteiger partial charge in [0.1, 0.15) is 0 Å². The number of carbonyl (C=O) groups is 1. The lowest BCUT2D eigenvalue weighted by Crippen LogP contribution is -2.28. The van der Waals surface area contributed by atoms with E-state index in [1.807, 2.05) is 60.7 Å². The molecule has 0 saturated heterocycles. The normalized spacial score (nSPS) is 11.0. The molecule has 2 aromatic carbocycles. The number of nitrogens with one attached hydrogen (secondary N) is 2. The fourth-order valence-electron chi connectivity index (χ4n) is 2.89. The molecule has 0 aliphatic heterocycles. The van der Waals surface area contributed by atoms with Crippen LogP contribution >= 0.6 is 12.2 Å². The fraction of sp³-hybridized carbons (Fsp3) is 0.208. The van der Waals surface area contributed by atoms with Gasteiger partial charge in [-0.05, 0) is 47.0 Å². The number of hydrogen-bond acceptors (Lipinski definition) is 3. The van der Waals surface area contributed by atoms with E-state index < -0.39 is 0 Å². The molecule has 3 rings (SSSR count). The van der Waals surface area contributed by atoms with Gasteiger partial charge in [0.15, 0.2) is 10.9 Å². The van der Waals surface area contributed by atoms with E-state index in [4.69, 9.17) is 12.2 Å². The molecule has 0 saturated carbocycles. The summed E-state index contributed by atoms with van der Waals surface area (Å²) in [4.78, 5) is 17.0. The zero-order valence-corrected chi connectivity index (χ0v) is 17.7. The SMILES string of the molecule is CC(C)(C)c1ccc(C(=O)c2cccc(NC(=S)NCc3cccnc3)c2)cc1. The van der Waals surface area contributed by atoms with Crippen LogP contribution in [0.5, 0.6) is 0 Å². The highest BCUT2D eigenvalue weighted by molar-refractivity contribution is 7.80. The van der Waals surface area contributed by atoms with Gasteiger partial charge in [0.05, 0.1) is 0 Å². The third kappa shape index (κ3) is 5.72. The number of carbonyl (C=O) groups excluding carboxylic acids is 1. The number of aromatic nitrogens is 1. The quantitative estimate of drug-likeness (QED) is 0.459. The van der Waals surface area contributed by atoms with Crippen LogP contribution in [0.4, 0.5) is 5.69 Å². The maximum Gasteiger partial charge on any atom is 0.193 e. The number of anilines is 1. The standard InChI is InChI=1S/C24H25N3OS/c1-24(2,3)20-11-9-18(10-12-20)22(28)19-7-4-8-21(14-19)27-23(29)26-16-17-6-5-13-25-15-17/h4-15H,16H2,1-3H3,(H2,26,27,29). The molecule has 3 aromatic rings. The minimum atomic E-state index is -0.0108. The van der Waals surface area contributed by atoms with Gasteiger partial charge in [-0.15, -0.1) is 0 Å². The minimum Gasteiger partial charge on any atom is -0.358 e. The third-order valence-electron chi connectivity index (χ3n) is 4.57. The Kier molecular flexibility index (Phi) is 6.39. The highest BCUT2D eigenvalue weighted by atomic mass is 32.1. The first-order valence-corrected chi connectivity index (χ1v) is 9.93. The van der Waals surface area contributed by atoms with Gasteiger partial charge in [0.2, 0.25) is 0 Å². The average Bonchev–Trinajstić information content (AvgIpc) is 2.72. The molecule has 2 N–H and O–H groups in total. The number of pyridine rings is 1. The zero-order valence-electron chi connectivity index (χ0n) is 16.9. The van der Waals surface area contributed by atoms with Crippen molar-refractivity contribution < 1.29 is 4.79 Å². The smallest absolute Gasteiger partial charge is 0.193 e. The first-order chi connectivity index (χ1) is 13.8. The summed E-state index contributed by atoms with van der Waals surface area (Å²) < 4.78 is 0. The van der Waals surface area contributed by atoms with Crippen LogP contribution in [0, 0.1) is 0 Å². The molecule has 0 unspecified atom stereocenters. The summed E-state index contributed by atoms with van der Waals surface area (Å²) >= 11 is 5.36. The average molecular weight is 404 g/mol.